The van der Waals surface area contributed by atoms with Gasteiger partial charge in [0.2, 0.25) is 0 Å². The van der Waals surface area contributed by atoms with Crippen LogP contribution >= 0.6 is 0 Å². The molecule has 0 spiro atoms. The average molecular weight is 345 g/mol. The van der Waals surface area contributed by atoms with E-state index in [0.29, 0.717) is 22.7 Å². The van der Waals surface area contributed by atoms with Crippen LogP contribution < -0.4 is 0 Å². The van der Waals surface area contributed by atoms with Gasteiger partial charge in [-0.25, -0.2) is 4.79 Å². The number of hydrogen-bond acceptors (Lipinski definition) is 4. The number of nitrogens with zero attached hydrogens (tertiary/aromatic N) is 1. The maximum Gasteiger partial charge on any atom is 0.338 e. The van der Waals surface area contributed by atoms with E-state index < -0.39 is 11.9 Å². The molecule has 0 amide bonds. The predicted molar refractivity (Wildman–Crippen MR) is 98.7 cm³/mol. The summed E-state index contributed by atoms with van der Waals surface area (Å²) in [4.78, 5) is 12.4. The van der Waals surface area contributed by atoms with Gasteiger partial charge in [0.15, 0.2) is 0 Å². The lowest BCUT2D eigenvalue weighted by Gasteiger charge is -2.28. The Labute approximate surface area is 153 Å². The second-order valence-corrected chi connectivity index (χ2v) is 6.13. The molecule has 0 unspecified atom stereocenters. The number of nitriles is 1. The van der Waals surface area contributed by atoms with E-state index in [1.54, 1.807) is 6.92 Å². The Morgan fingerprint density at radius 1 is 1.08 bits per heavy atom. The first-order chi connectivity index (χ1) is 12.6. The summed E-state index contributed by atoms with van der Waals surface area (Å²) in [6.45, 7) is 3.73. The fraction of sp³-hybridized carbons (Fsp3) is 0.182. The van der Waals surface area contributed by atoms with Gasteiger partial charge in [-0.15, -0.1) is 0 Å². The first-order valence-electron chi connectivity index (χ1n) is 8.30. The van der Waals surface area contributed by atoms with E-state index in [2.05, 4.69) is 6.07 Å². The van der Waals surface area contributed by atoms with Crippen LogP contribution in [0.2, 0.25) is 0 Å². The minimum atomic E-state index is -0.529. The molecule has 4 nitrogen and oxygen atoms in total. The van der Waals surface area contributed by atoms with E-state index in [9.17, 15) is 10.1 Å². The standard InChI is InChI=1S/C22H19NO3/c1-14-9-11-17(12-10-14)21-18(13-23)20(16-7-5-4-6-8-16)19(15(2)26-21)22(24)25-3/h4-12,20H,1-3H3/t20-/m0/s1. The maximum absolute atomic E-state index is 12.4. The third-order valence-corrected chi connectivity index (χ3v) is 4.43. The van der Waals surface area contributed by atoms with Crippen molar-refractivity contribution in [3.05, 3.63) is 88.2 Å². The molecule has 3 rings (SSSR count). The molecule has 0 bridgehead atoms. The highest BCUT2D eigenvalue weighted by Crippen LogP contribution is 2.43. The first-order valence-corrected chi connectivity index (χ1v) is 8.30. The second kappa shape index (κ2) is 7.28. The monoisotopic (exact) mass is 345 g/mol. The van der Waals surface area contributed by atoms with Gasteiger partial charge in [-0.3, -0.25) is 0 Å². The summed E-state index contributed by atoms with van der Waals surface area (Å²) >= 11 is 0. The third kappa shape index (κ3) is 3.12. The minimum absolute atomic E-state index is 0.353. The number of carbonyl (C=O) groups excluding carboxylic acids is 1. The highest BCUT2D eigenvalue weighted by molar-refractivity contribution is 5.94. The van der Waals surface area contributed by atoms with E-state index in [-0.39, 0.29) is 0 Å². The van der Waals surface area contributed by atoms with Crippen LogP contribution in [0.15, 0.2) is 71.5 Å². The van der Waals surface area contributed by atoms with E-state index in [1.165, 1.54) is 7.11 Å². The summed E-state index contributed by atoms with van der Waals surface area (Å²) in [6, 6.07) is 19.5. The molecule has 0 radical (unpaired) electrons. The molecule has 0 aliphatic carbocycles. The first kappa shape index (κ1) is 17.5. The lowest BCUT2D eigenvalue weighted by molar-refractivity contribution is -0.136. The van der Waals surface area contributed by atoms with Gasteiger partial charge in [0.05, 0.1) is 30.2 Å². The van der Waals surface area contributed by atoms with Crippen LogP contribution in [-0.2, 0) is 14.3 Å². The number of rotatable bonds is 3. The third-order valence-electron chi connectivity index (χ3n) is 4.43. The lowest BCUT2D eigenvalue weighted by Crippen LogP contribution is -2.22. The number of hydrogen-bond donors (Lipinski definition) is 0. The Morgan fingerprint density at radius 2 is 1.73 bits per heavy atom. The summed E-state index contributed by atoms with van der Waals surface area (Å²) < 4.78 is 10.9. The highest BCUT2D eigenvalue weighted by atomic mass is 16.5. The molecule has 0 aromatic heterocycles. The number of carbonyl (C=O) groups is 1. The van der Waals surface area contributed by atoms with Crippen molar-refractivity contribution >= 4 is 11.7 Å². The van der Waals surface area contributed by atoms with Gasteiger partial charge < -0.3 is 9.47 Å². The molecule has 130 valence electrons. The molecule has 1 aliphatic heterocycles. The molecule has 2 aromatic carbocycles. The predicted octanol–water partition coefficient (Wildman–Crippen LogP) is 4.49. The second-order valence-electron chi connectivity index (χ2n) is 6.13. The Hall–Kier alpha value is -3.32. The fourth-order valence-corrected chi connectivity index (χ4v) is 3.13. The van der Waals surface area contributed by atoms with Gasteiger partial charge in [-0.05, 0) is 19.4 Å². The van der Waals surface area contributed by atoms with Crippen molar-refractivity contribution in [2.75, 3.05) is 7.11 Å². The molecule has 0 fully saturated rings. The molecular weight excluding hydrogens is 326 g/mol. The summed E-state index contributed by atoms with van der Waals surface area (Å²) in [5, 5.41) is 9.91. The molecule has 1 atom stereocenters. The van der Waals surface area contributed by atoms with Crippen LogP contribution in [0.3, 0.4) is 0 Å². The highest BCUT2D eigenvalue weighted by Gasteiger charge is 2.36. The average Bonchev–Trinajstić information content (AvgIpc) is 2.67. The minimum Gasteiger partial charge on any atom is -0.466 e. The van der Waals surface area contributed by atoms with Gasteiger partial charge in [0, 0.05) is 5.56 Å². The number of benzene rings is 2. The van der Waals surface area contributed by atoms with Crippen molar-refractivity contribution in [3.63, 3.8) is 0 Å². The molecule has 2 aromatic rings. The van der Waals surface area contributed by atoms with Crippen LogP contribution in [0.5, 0.6) is 0 Å². The fourth-order valence-electron chi connectivity index (χ4n) is 3.13. The molecule has 26 heavy (non-hydrogen) atoms. The van der Waals surface area contributed by atoms with Gasteiger partial charge in [-0.1, -0.05) is 60.2 Å². The van der Waals surface area contributed by atoms with E-state index in [0.717, 1.165) is 16.7 Å². The maximum atomic E-state index is 12.4. The number of methoxy groups -OCH3 is 1. The Kier molecular flexibility index (Phi) is 4.90. The van der Waals surface area contributed by atoms with Crippen molar-refractivity contribution in [2.45, 2.75) is 19.8 Å². The lowest BCUT2D eigenvalue weighted by atomic mass is 9.81. The molecule has 1 aliphatic rings. The van der Waals surface area contributed by atoms with E-state index in [4.69, 9.17) is 9.47 Å². The van der Waals surface area contributed by atoms with Crippen LogP contribution in [0.4, 0.5) is 0 Å². The number of esters is 1. The van der Waals surface area contributed by atoms with Crippen molar-refractivity contribution in [2.24, 2.45) is 0 Å². The largest absolute Gasteiger partial charge is 0.466 e. The topological polar surface area (TPSA) is 59.3 Å². The van der Waals surface area contributed by atoms with E-state index >= 15 is 0 Å². The molecule has 4 heteroatoms. The molecule has 0 N–H and O–H groups in total. The van der Waals surface area contributed by atoms with Gasteiger partial charge >= 0.3 is 5.97 Å². The van der Waals surface area contributed by atoms with Crippen molar-refractivity contribution < 1.29 is 14.3 Å². The van der Waals surface area contributed by atoms with Crippen LogP contribution in [0.25, 0.3) is 5.76 Å². The van der Waals surface area contributed by atoms with Gasteiger partial charge in [-0.2, -0.15) is 5.26 Å². The summed E-state index contributed by atoms with van der Waals surface area (Å²) in [5.74, 6) is -0.0995. The summed E-state index contributed by atoms with van der Waals surface area (Å²) in [7, 11) is 1.33. The van der Waals surface area contributed by atoms with Crippen LogP contribution in [0.1, 0.15) is 29.5 Å². The number of ether oxygens (including phenoxy) is 2. The molecular formula is C22H19NO3. The molecule has 0 saturated carbocycles. The molecule has 0 saturated heterocycles. The molecule has 1 heterocycles. The van der Waals surface area contributed by atoms with Crippen LogP contribution in [0, 0.1) is 18.3 Å². The smallest absolute Gasteiger partial charge is 0.338 e. The van der Waals surface area contributed by atoms with Crippen molar-refractivity contribution in [3.8, 4) is 6.07 Å². The summed E-state index contributed by atoms with van der Waals surface area (Å²) in [6.07, 6.45) is 0. The van der Waals surface area contributed by atoms with Crippen molar-refractivity contribution in [1.29, 1.82) is 5.26 Å². The Morgan fingerprint density at radius 3 is 2.31 bits per heavy atom. The summed E-state index contributed by atoms with van der Waals surface area (Å²) in [5.41, 5.74) is 3.51. The van der Waals surface area contributed by atoms with Gasteiger partial charge in [0.25, 0.3) is 0 Å². The van der Waals surface area contributed by atoms with Crippen molar-refractivity contribution in [1.82, 2.24) is 0 Å². The quantitative estimate of drug-likeness (QED) is 0.769. The van der Waals surface area contributed by atoms with Gasteiger partial charge in [0.1, 0.15) is 11.5 Å². The van der Waals surface area contributed by atoms with E-state index in [1.807, 2.05) is 61.5 Å². The SMILES string of the molecule is COC(=O)C1=C(C)OC(c2ccc(C)cc2)=C(C#N)[C@@H]1c1ccccc1. The zero-order chi connectivity index (χ0) is 18.7. The normalized spacial score (nSPS) is 16.8. The number of aryl methyl sites for hydroxylation is 1. The number of allylic oxidation sites excluding steroid dienone is 2. The van der Waals surface area contributed by atoms with Crippen LogP contribution in [-0.4, -0.2) is 13.1 Å². The Bertz CT molecular complexity index is 932. The zero-order valence-electron chi connectivity index (χ0n) is 14.9. The zero-order valence-corrected chi connectivity index (χ0v) is 14.9. The Balaban J connectivity index is 2.23.